The van der Waals surface area contributed by atoms with Crippen LogP contribution in [0.2, 0.25) is 0 Å². The summed E-state index contributed by atoms with van der Waals surface area (Å²) in [6.07, 6.45) is 10.2. The second-order valence-corrected chi connectivity index (χ2v) is 9.53. The number of fused-ring (bicyclic) bond motifs is 2. The van der Waals surface area contributed by atoms with Crippen LogP contribution in [0.1, 0.15) is 48.4 Å². The Morgan fingerprint density at radius 1 is 1.19 bits per heavy atom. The quantitative estimate of drug-likeness (QED) is 0.154. The van der Waals surface area contributed by atoms with Crippen LogP contribution in [0.25, 0.3) is 5.57 Å². The Balaban J connectivity index is 2.38. The molecule has 2 rings (SSSR count). The summed E-state index contributed by atoms with van der Waals surface area (Å²) in [4.78, 5) is 0. The third-order valence-electron chi connectivity index (χ3n) is 5.68. The molecule has 1 aliphatic carbocycles. The van der Waals surface area contributed by atoms with Crippen LogP contribution in [0.5, 0.6) is 0 Å². The molecule has 146 valence electrons. The summed E-state index contributed by atoms with van der Waals surface area (Å²) in [7, 11) is 0. The lowest BCUT2D eigenvalue weighted by molar-refractivity contribution is 0.527. The summed E-state index contributed by atoms with van der Waals surface area (Å²) in [5.74, 6) is 2.29. The number of benzene rings is 1. The molecule has 2 atom stereocenters. The molecule has 0 nitrogen and oxygen atoms in total. The van der Waals surface area contributed by atoms with Gasteiger partial charge in [-0.1, -0.05) is 79.1 Å². The van der Waals surface area contributed by atoms with Crippen molar-refractivity contribution in [1.29, 1.82) is 0 Å². The summed E-state index contributed by atoms with van der Waals surface area (Å²) in [5, 5.41) is 1.95. The molecule has 1 aliphatic rings. The van der Waals surface area contributed by atoms with Gasteiger partial charge in [0.2, 0.25) is 0 Å². The first-order valence-electron chi connectivity index (χ1n) is 9.92. The minimum absolute atomic E-state index is 0.551. The van der Waals surface area contributed by atoms with Gasteiger partial charge in [0.1, 0.15) is 0 Å². The Labute approximate surface area is 184 Å². The first-order chi connectivity index (χ1) is 13.0. The van der Waals surface area contributed by atoms with E-state index < -0.39 is 0 Å². The van der Waals surface area contributed by atoms with E-state index in [9.17, 15) is 0 Å². The zero-order chi connectivity index (χ0) is 19.8. The summed E-state index contributed by atoms with van der Waals surface area (Å²) in [6, 6.07) is 4.81. The van der Waals surface area contributed by atoms with Crippen LogP contribution in [0.15, 0.2) is 55.0 Å². The van der Waals surface area contributed by atoms with E-state index in [1.807, 2.05) is 23.2 Å². The van der Waals surface area contributed by atoms with Gasteiger partial charge in [0.05, 0.1) is 0 Å². The zero-order valence-corrected chi connectivity index (χ0v) is 19.9. The first kappa shape index (κ1) is 22.5. The highest BCUT2D eigenvalue weighted by Crippen LogP contribution is 2.31. The molecule has 0 heterocycles. The number of hydrogen-bond donors (Lipinski definition) is 0. The molecule has 1 aromatic rings. The van der Waals surface area contributed by atoms with Crippen molar-refractivity contribution in [1.82, 2.24) is 0 Å². The zero-order valence-electron chi connectivity index (χ0n) is 16.9. The Kier molecular flexibility index (Phi) is 9.44. The average molecular weight is 493 g/mol. The highest BCUT2D eigenvalue weighted by Gasteiger charge is 2.16. The number of thioether (sulfide) groups is 1. The Morgan fingerprint density at radius 3 is 2.52 bits per heavy atom. The summed E-state index contributed by atoms with van der Waals surface area (Å²) in [5.41, 5.74) is 8.50. The molecule has 2 bridgehead atoms. The highest BCUT2D eigenvalue weighted by molar-refractivity contribution is 14.1. The lowest BCUT2D eigenvalue weighted by atomic mass is 9.89. The summed E-state index contributed by atoms with van der Waals surface area (Å²) in [6.45, 7) is 16.9. The predicted octanol–water partition coefficient (Wildman–Crippen LogP) is 7.95. The molecule has 27 heavy (non-hydrogen) atoms. The van der Waals surface area contributed by atoms with Gasteiger partial charge < -0.3 is 0 Å². The third kappa shape index (κ3) is 6.39. The Bertz CT molecular complexity index is 713. The van der Waals surface area contributed by atoms with E-state index in [-0.39, 0.29) is 0 Å². The molecule has 0 spiro atoms. The number of rotatable bonds is 8. The van der Waals surface area contributed by atoms with E-state index in [0.717, 1.165) is 35.9 Å². The van der Waals surface area contributed by atoms with Crippen LogP contribution < -0.4 is 0 Å². The van der Waals surface area contributed by atoms with Gasteiger partial charge in [-0.2, -0.15) is 0 Å². The first-order valence-corrected chi connectivity index (χ1v) is 12.5. The standard InChI is InChI=1S/C25H33IS/c1-6-21(13-25(16-26)19(4)17-27-7-2)24-14-22-10-8-9-18(3)11-12-23(15-24)20(22)5/h6-7,13-15,19,25H,1-3,8-12,16-17H2,4-5H3/b21-13+/t19-,25?/m0/s1. The van der Waals surface area contributed by atoms with Gasteiger partial charge in [0.25, 0.3) is 0 Å². The molecule has 2 heteroatoms. The fraction of sp³-hybridized carbons (Fsp3) is 0.440. The van der Waals surface area contributed by atoms with Crippen LogP contribution in [-0.4, -0.2) is 10.2 Å². The lowest BCUT2D eigenvalue weighted by Gasteiger charge is -2.20. The molecular weight excluding hydrogens is 459 g/mol. The minimum atomic E-state index is 0.551. The SMILES string of the molecule is C=CSC[C@H](C)C(/C=C(\C=C)c1cc2c(C)c(c1)CCC(=C)CCC2)CI. The van der Waals surface area contributed by atoms with Crippen molar-refractivity contribution < 1.29 is 0 Å². The van der Waals surface area contributed by atoms with Crippen LogP contribution >= 0.6 is 34.4 Å². The fourth-order valence-electron chi connectivity index (χ4n) is 3.71. The van der Waals surface area contributed by atoms with E-state index in [0.29, 0.717) is 11.8 Å². The smallest absolute Gasteiger partial charge is 0.00615 e. The molecule has 0 aromatic heterocycles. The molecule has 0 fully saturated rings. The second-order valence-electron chi connectivity index (χ2n) is 7.64. The van der Waals surface area contributed by atoms with Gasteiger partial charge in [0.15, 0.2) is 0 Å². The van der Waals surface area contributed by atoms with E-state index in [1.165, 1.54) is 39.8 Å². The molecule has 0 N–H and O–H groups in total. The van der Waals surface area contributed by atoms with Crippen molar-refractivity contribution in [3.05, 3.63) is 77.3 Å². The van der Waals surface area contributed by atoms with Crippen molar-refractivity contribution in [2.75, 3.05) is 10.2 Å². The van der Waals surface area contributed by atoms with Crippen LogP contribution in [0.3, 0.4) is 0 Å². The molecule has 1 unspecified atom stereocenters. The van der Waals surface area contributed by atoms with E-state index in [4.69, 9.17) is 0 Å². The van der Waals surface area contributed by atoms with Crippen molar-refractivity contribution in [2.24, 2.45) is 11.8 Å². The maximum absolute atomic E-state index is 4.26. The van der Waals surface area contributed by atoms with Crippen molar-refractivity contribution >= 4 is 39.9 Å². The maximum atomic E-state index is 4.26. The molecule has 0 saturated heterocycles. The largest absolute Gasteiger partial charge is 0.134 e. The number of allylic oxidation sites excluding steroid dienone is 4. The maximum Gasteiger partial charge on any atom is 0.00615 e. The molecule has 0 radical (unpaired) electrons. The van der Waals surface area contributed by atoms with Crippen molar-refractivity contribution in [2.45, 2.75) is 46.0 Å². The number of halogens is 1. The Morgan fingerprint density at radius 2 is 1.89 bits per heavy atom. The second kappa shape index (κ2) is 11.3. The molecule has 1 aromatic carbocycles. The molecule has 0 amide bonds. The minimum Gasteiger partial charge on any atom is -0.134 e. The average Bonchev–Trinajstić information content (AvgIpc) is 2.70. The van der Waals surface area contributed by atoms with Crippen LogP contribution in [-0.2, 0) is 12.8 Å². The number of hydrogen-bond acceptors (Lipinski definition) is 1. The lowest BCUT2D eigenvalue weighted by Crippen LogP contribution is -2.13. The van der Waals surface area contributed by atoms with E-state index in [1.54, 1.807) is 0 Å². The van der Waals surface area contributed by atoms with Gasteiger partial charge in [0, 0.05) is 10.2 Å². The van der Waals surface area contributed by atoms with Gasteiger partial charge >= 0.3 is 0 Å². The van der Waals surface area contributed by atoms with E-state index in [2.05, 4.69) is 74.4 Å². The summed E-state index contributed by atoms with van der Waals surface area (Å²) < 4.78 is 1.12. The highest BCUT2D eigenvalue weighted by atomic mass is 127. The number of alkyl halides is 1. The molecular formula is C25H33IS. The van der Waals surface area contributed by atoms with Crippen molar-refractivity contribution in [3.63, 3.8) is 0 Å². The van der Waals surface area contributed by atoms with Gasteiger partial charge in [-0.15, -0.1) is 11.8 Å². The van der Waals surface area contributed by atoms with Crippen LogP contribution in [0, 0.1) is 18.8 Å². The predicted molar refractivity (Wildman–Crippen MR) is 134 cm³/mol. The monoisotopic (exact) mass is 492 g/mol. The van der Waals surface area contributed by atoms with Crippen molar-refractivity contribution in [3.8, 4) is 0 Å². The Hall–Kier alpha value is -0.740. The van der Waals surface area contributed by atoms with Gasteiger partial charge in [-0.25, -0.2) is 0 Å². The fourth-order valence-corrected chi connectivity index (χ4v) is 5.52. The van der Waals surface area contributed by atoms with E-state index >= 15 is 0 Å². The molecule has 0 aliphatic heterocycles. The van der Waals surface area contributed by atoms with Gasteiger partial charge in [-0.3, -0.25) is 0 Å². The summed E-state index contributed by atoms with van der Waals surface area (Å²) >= 11 is 4.33. The van der Waals surface area contributed by atoms with Crippen LogP contribution in [0.4, 0.5) is 0 Å². The molecule has 0 saturated carbocycles. The third-order valence-corrected chi connectivity index (χ3v) is 7.65. The normalized spacial score (nSPS) is 17.4. The topological polar surface area (TPSA) is 0 Å². The van der Waals surface area contributed by atoms with Gasteiger partial charge in [-0.05, 0) is 84.1 Å². The number of aryl methyl sites for hydroxylation is 2.